The summed E-state index contributed by atoms with van der Waals surface area (Å²) in [5.74, 6) is 1.37. The summed E-state index contributed by atoms with van der Waals surface area (Å²) in [7, 11) is -4.04. The lowest BCUT2D eigenvalue weighted by atomic mass is 9.95. The number of urea groups is 1. The number of imidazole rings is 1. The second-order valence-electron chi connectivity index (χ2n) is 9.31. The van der Waals surface area contributed by atoms with Crippen molar-refractivity contribution in [1.82, 2.24) is 14.3 Å². The number of nitrogens with zero attached hydrogens (tertiary/aromatic N) is 2. The van der Waals surface area contributed by atoms with Gasteiger partial charge in [-0.05, 0) is 29.5 Å². The molecule has 0 fully saturated rings. The second kappa shape index (κ2) is 9.07. The number of hydrogen-bond donors (Lipinski definition) is 2. The molecule has 1 aromatic carbocycles. The number of nitrogens with two attached hydrogens (primary N) is 1. The van der Waals surface area contributed by atoms with Crippen LogP contribution >= 0.6 is 11.3 Å². The molecule has 2 heterocycles. The molecule has 0 aliphatic carbocycles. The first kappa shape index (κ1) is 24.0. The van der Waals surface area contributed by atoms with Crippen molar-refractivity contribution in [3.05, 3.63) is 59.0 Å². The summed E-state index contributed by atoms with van der Waals surface area (Å²) in [4.78, 5) is 16.7. The van der Waals surface area contributed by atoms with Gasteiger partial charge < -0.3 is 10.3 Å². The summed E-state index contributed by atoms with van der Waals surface area (Å²) in [6.07, 6.45) is 4.52. The molecule has 0 atom stereocenters. The van der Waals surface area contributed by atoms with Crippen LogP contribution in [-0.4, -0.2) is 24.0 Å². The molecule has 3 N–H and O–H groups in total. The Hall–Kier alpha value is -2.65. The van der Waals surface area contributed by atoms with E-state index < -0.39 is 16.1 Å². The third kappa shape index (κ3) is 5.58. The Labute approximate surface area is 193 Å². The molecule has 7 nitrogen and oxygen atoms in total. The third-order valence-electron chi connectivity index (χ3n) is 4.84. The molecular weight excluding hydrogens is 444 g/mol. The molecule has 172 valence electrons. The lowest BCUT2D eigenvalue weighted by Gasteiger charge is -2.20. The number of benzene rings is 1. The summed E-state index contributed by atoms with van der Waals surface area (Å²) < 4.78 is 29.6. The Bertz CT molecular complexity index is 1200. The van der Waals surface area contributed by atoms with Crippen LogP contribution in [0.4, 0.5) is 4.79 Å². The van der Waals surface area contributed by atoms with Crippen LogP contribution in [0.3, 0.4) is 0 Å². The van der Waals surface area contributed by atoms with Gasteiger partial charge in [0.2, 0.25) is 0 Å². The maximum Gasteiger partial charge on any atom is 0.326 e. The average molecular weight is 475 g/mol. The number of aromatic nitrogens is 2. The maximum absolute atomic E-state index is 12.7. The summed E-state index contributed by atoms with van der Waals surface area (Å²) in [6.45, 7) is 11.2. The van der Waals surface area contributed by atoms with Gasteiger partial charge in [-0.25, -0.2) is 22.9 Å². The van der Waals surface area contributed by atoms with Crippen LogP contribution < -0.4 is 10.5 Å². The highest BCUT2D eigenvalue weighted by atomic mass is 32.2. The van der Waals surface area contributed by atoms with Crippen molar-refractivity contribution in [2.24, 2.45) is 11.7 Å². The number of thiophene rings is 1. The van der Waals surface area contributed by atoms with Crippen LogP contribution in [0.25, 0.3) is 11.1 Å². The topological polar surface area (TPSA) is 107 Å². The molecule has 0 unspecified atom stereocenters. The van der Waals surface area contributed by atoms with Crippen molar-refractivity contribution in [3.63, 3.8) is 0 Å². The number of nitrogens with one attached hydrogen (secondary N) is 1. The summed E-state index contributed by atoms with van der Waals surface area (Å²) in [5.41, 5.74) is 7.44. The van der Waals surface area contributed by atoms with E-state index in [0.29, 0.717) is 18.0 Å². The van der Waals surface area contributed by atoms with E-state index in [-0.39, 0.29) is 9.62 Å². The Kier molecular flexibility index (Phi) is 6.80. The Balaban J connectivity index is 1.95. The Morgan fingerprint density at radius 3 is 2.44 bits per heavy atom. The molecule has 0 aliphatic rings. The fraction of sp³-hybridized carbons (Fsp3) is 0.391. The second-order valence-corrected chi connectivity index (χ2v) is 12.3. The predicted molar refractivity (Wildman–Crippen MR) is 128 cm³/mol. The number of hydrogen-bond acceptors (Lipinski definition) is 5. The SMILES string of the molecule is CC(C)Cc1cc(-c2ccc(Cn3ccnc3C(C)(C)C)cc2)c(S(=O)(=O)NC(N)=O)s1. The standard InChI is InChI=1S/C23H30N4O3S2/c1-15(2)12-18-13-19(20(31-18)32(29,30)26-22(24)28)17-8-6-16(7-9-17)14-27-11-10-25-21(27)23(3,4)5/h6-11,13,15H,12,14H2,1-5H3,(H3,24,26,28). The highest BCUT2D eigenvalue weighted by Gasteiger charge is 2.25. The predicted octanol–water partition coefficient (Wildman–Crippen LogP) is 4.51. The molecule has 3 rings (SSSR count). The van der Waals surface area contributed by atoms with Crippen molar-refractivity contribution in [2.75, 3.05) is 0 Å². The van der Waals surface area contributed by atoms with Gasteiger partial charge in [-0.15, -0.1) is 11.3 Å². The van der Waals surface area contributed by atoms with Crippen molar-refractivity contribution in [1.29, 1.82) is 0 Å². The van der Waals surface area contributed by atoms with E-state index in [9.17, 15) is 13.2 Å². The zero-order valence-corrected chi connectivity index (χ0v) is 20.7. The molecule has 0 bridgehead atoms. The van der Waals surface area contributed by atoms with Gasteiger partial charge in [0.05, 0.1) is 0 Å². The van der Waals surface area contributed by atoms with Crippen LogP contribution in [-0.2, 0) is 28.4 Å². The van der Waals surface area contributed by atoms with E-state index in [2.05, 4.69) is 44.2 Å². The van der Waals surface area contributed by atoms with Gasteiger partial charge in [-0.2, -0.15) is 0 Å². The number of primary amides is 1. The summed E-state index contributed by atoms with van der Waals surface area (Å²) in [5, 5.41) is 0. The maximum atomic E-state index is 12.7. The molecule has 0 aliphatic heterocycles. The number of amides is 2. The Morgan fingerprint density at radius 1 is 1.22 bits per heavy atom. The highest BCUT2D eigenvalue weighted by Crippen LogP contribution is 2.36. The lowest BCUT2D eigenvalue weighted by molar-refractivity contribution is 0.253. The zero-order chi connectivity index (χ0) is 23.7. The van der Waals surface area contributed by atoms with Crippen LogP contribution in [0, 0.1) is 5.92 Å². The molecular formula is C23H30N4O3S2. The van der Waals surface area contributed by atoms with Crippen LogP contribution in [0.1, 0.15) is 50.9 Å². The van der Waals surface area contributed by atoms with E-state index in [0.717, 1.165) is 28.2 Å². The minimum Gasteiger partial charge on any atom is -0.351 e. The zero-order valence-electron chi connectivity index (χ0n) is 19.0. The number of sulfonamides is 1. The largest absolute Gasteiger partial charge is 0.351 e. The van der Waals surface area contributed by atoms with Gasteiger partial charge >= 0.3 is 6.03 Å². The molecule has 0 saturated carbocycles. The first-order valence-electron chi connectivity index (χ1n) is 10.4. The van der Waals surface area contributed by atoms with Crippen LogP contribution in [0.5, 0.6) is 0 Å². The minimum atomic E-state index is -4.04. The van der Waals surface area contributed by atoms with Crippen LogP contribution in [0.2, 0.25) is 0 Å². The van der Waals surface area contributed by atoms with Gasteiger partial charge in [-0.1, -0.05) is 58.9 Å². The number of carbonyl (C=O) groups is 1. The molecule has 32 heavy (non-hydrogen) atoms. The molecule has 0 saturated heterocycles. The fourth-order valence-corrected chi connectivity index (χ4v) is 6.40. The van der Waals surface area contributed by atoms with E-state index in [1.54, 1.807) is 6.20 Å². The lowest BCUT2D eigenvalue weighted by Crippen LogP contribution is -2.34. The first-order chi connectivity index (χ1) is 14.9. The minimum absolute atomic E-state index is 0.0659. The van der Waals surface area contributed by atoms with E-state index in [1.165, 1.54) is 11.3 Å². The normalized spacial score (nSPS) is 12.3. The van der Waals surface area contributed by atoms with Gasteiger partial charge in [0.25, 0.3) is 10.0 Å². The highest BCUT2D eigenvalue weighted by molar-refractivity contribution is 7.92. The van der Waals surface area contributed by atoms with Crippen molar-refractivity contribution in [3.8, 4) is 11.1 Å². The summed E-state index contributed by atoms with van der Waals surface area (Å²) in [6, 6.07) is 8.59. The molecule has 3 aromatic rings. The quantitative estimate of drug-likeness (QED) is 0.525. The third-order valence-corrected chi connectivity index (χ3v) is 7.88. The molecule has 0 spiro atoms. The Morgan fingerprint density at radius 2 is 1.88 bits per heavy atom. The molecule has 0 radical (unpaired) electrons. The van der Waals surface area contributed by atoms with Crippen molar-refractivity contribution >= 4 is 27.4 Å². The first-order valence-corrected chi connectivity index (χ1v) is 12.7. The number of carbonyl (C=O) groups excluding carboxylic acids is 1. The van der Waals surface area contributed by atoms with Gasteiger partial charge in [0, 0.05) is 34.8 Å². The molecule has 9 heteroatoms. The monoisotopic (exact) mass is 474 g/mol. The molecule has 2 amide bonds. The van der Waals surface area contributed by atoms with E-state index in [4.69, 9.17) is 5.73 Å². The van der Waals surface area contributed by atoms with Crippen molar-refractivity contribution < 1.29 is 13.2 Å². The van der Waals surface area contributed by atoms with Crippen molar-refractivity contribution in [2.45, 2.75) is 57.2 Å². The van der Waals surface area contributed by atoms with E-state index >= 15 is 0 Å². The van der Waals surface area contributed by atoms with Crippen LogP contribution in [0.15, 0.2) is 46.9 Å². The van der Waals surface area contributed by atoms with Gasteiger partial charge in [-0.3, -0.25) is 0 Å². The van der Waals surface area contributed by atoms with Gasteiger partial charge in [0.15, 0.2) is 0 Å². The van der Waals surface area contributed by atoms with E-state index in [1.807, 2.05) is 41.3 Å². The number of rotatable bonds is 7. The summed E-state index contributed by atoms with van der Waals surface area (Å²) >= 11 is 1.17. The fourth-order valence-electron chi connectivity index (χ4n) is 3.57. The average Bonchev–Trinajstić information content (AvgIpc) is 3.28. The smallest absolute Gasteiger partial charge is 0.326 e. The molecule has 2 aromatic heterocycles. The van der Waals surface area contributed by atoms with Gasteiger partial charge in [0.1, 0.15) is 10.0 Å².